The molecule has 0 radical (unpaired) electrons. The SMILES string of the molecule is C=CCn1c(-c2sc(NC(=O)c3cccnc3)nc2C)n[nH]c1=S. The van der Waals surface area contributed by atoms with Crippen LogP contribution in [0.4, 0.5) is 5.13 Å². The highest BCUT2D eigenvalue weighted by Crippen LogP contribution is 2.31. The molecule has 3 heterocycles. The van der Waals surface area contributed by atoms with Gasteiger partial charge in [0, 0.05) is 18.9 Å². The van der Waals surface area contributed by atoms with Crippen molar-refractivity contribution >= 4 is 34.6 Å². The van der Waals surface area contributed by atoms with E-state index in [4.69, 9.17) is 12.2 Å². The number of anilines is 1. The van der Waals surface area contributed by atoms with Gasteiger partial charge in [-0.25, -0.2) is 4.98 Å². The normalized spacial score (nSPS) is 10.5. The van der Waals surface area contributed by atoms with Gasteiger partial charge in [0.15, 0.2) is 15.7 Å². The van der Waals surface area contributed by atoms with Gasteiger partial charge in [0.1, 0.15) is 0 Å². The monoisotopic (exact) mass is 358 g/mol. The number of rotatable bonds is 5. The van der Waals surface area contributed by atoms with Crippen molar-refractivity contribution in [1.82, 2.24) is 24.7 Å². The Hall–Kier alpha value is -2.65. The molecule has 0 aliphatic rings. The number of hydrogen-bond acceptors (Lipinski definition) is 6. The highest BCUT2D eigenvalue weighted by Gasteiger charge is 2.17. The summed E-state index contributed by atoms with van der Waals surface area (Å²) in [5, 5.41) is 10.3. The number of thiazole rings is 1. The van der Waals surface area contributed by atoms with Crippen LogP contribution in [0.25, 0.3) is 10.7 Å². The average molecular weight is 358 g/mol. The molecule has 0 spiro atoms. The van der Waals surface area contributed by atoms with Crippen LogP contribution < -0.4 is 5.32 Å². The lowest BCUT2D eigenvalue weighted by molar-refractivity contribution is 0.102. The van der Waals surface area contributed by atoms with Crippen LogP contribution in [0.15, 0.2) is 37.2 Å². The van der Waals surface area contributed by atoms with E-state index in [0.29, 0.717) is 27.8 Å². The summed E-state index contributed by atoms with van der Waals surface area (Å²) in [5.41, 5.74) is 1.24. The minimum Gasteiger partial charge on any atom is -0.298 e. The fourth-order valence-corrected chi connectivity index (χ4v) is 3.28. The van der Waals surface area contributed by atoms with Crippen LogP contribution in [-0.2, 0) is 6.54 Å². The van der Waals surface area contributed by atoms with E-state index in [1.54, 1.807) is 24.4 Å². The van der Waals surface area contributed by atoms with Crippen molar-refractivity contribution in [1.29, 1.82) is 0 Å². The smallest absolute Gasteiger partial charge is 0.259 e. The summed E-state index contributed by atoms with van der Waals surface area (Å²) >= 11 is 6.57. The second kappa shape index (κ2) is 6.85. The third kappa shape index (κ3) is 3.17. The van der Waals surface area contributed by atoms with E-state index in [1.807, 2.05) is 11.5 Å². The summed E-state index contributed by atoms with van der Waals surface area (Å²) < 4.78 is 2.34. The van der Waals surface area contributed by atoms with Crippen LogP contribution in [0.3, 0.4) is 0 Å². The highest BCUT2D eigenvalue weighted by molar-refractivity contribution is 7.71. The van der Waals surface area contributed by atoms with E-state index in [0.717, 1.165) is 10.6 Å². The van der Waals surface area contributed by atoms with Gasteiger partial charge in [0.05, 0.1) is 16.1 Å². The molecule has 122 valence electrons. The number of aryl methyl sites for hydroxylation is 1. The molecule has 3 aromatic rings. The van der Waals surface area contributed by atoms with Gasteiger partial charge in [-0.1, -0.05) is 17.4 Å². The van der Waals surface area contributed by atoms with Gasteiger partial charge in [-0.3, -0.25) is 24.8 Å². The van der Waals surface area contributed by atoms with Gasteiger partial charge in [0.25, 0.3) is 5.91 Å². The molecule has 24 heavy (non-hydrogen) atoms. The number of nitrogens with zero attached hydrogens (tertiary/aromatic N) is 4. The Labute approximate surface area is 147 Å². The number of amides is 1. The summed E-state index contributed by atoms with van der Waals surface area (Å²) in [7, 11) is 0. The minimum absolute atomic E-state index is 0.256. The quantitative estimate of drug-likeness (QED) is 0.540. The van der Waals surface area contributed by atoms with Gasteiger partial charge in [-0.15, -0.1) is 6.58 Å². The predicted molar refractivity (Wildman–Crippen MR) is 95.6 cm³/mol. The van der Waals surface area contributed by atoms with Crippen molar-refractivity contribution in [2.24, 2.45) is 0 Å². The standard InChI is InChI=1S/C15H14N6OS2/c1-3-7-21-12(19-20-15(21)23)11-9(2)17-14(24-11)18-13(22)10-5-4-6-16-8-10/h3-6,8H,1,7H2,2H3,(H,20,23)(H,17,18,22). The Kier molecular flexibility index (Phi) is 4.63. The number of carbonyl (C=O) groups excluding carboxylic acids is 1. The maximum atomic E-state index is 12.2. The van der Waals surface area contributed by atoms with Crippen LogP contribution in [0.5, 0.6) is 0 Å². The maximum Gasteiger partial charge on any atom is 0.259 e. The molecule has 0 aliphatic carbocycles. The van der Waals surface area contributed by atoms with Gasteiger partial charge in [0.2, 0.25) is 0 Å². The molecule has 7 nitrogen and oxygen atoms in total. The zero-order valence-corrected chi connectivity index (χ0v) is 14.4. The number of nitrogens with one attached hydrogen (secondary N) is 2. The third-order valence-corrected chi connectivity index (χ3v) is 4.59. The first-order valence-electron chi connectivity index (χ1n) is 7.05. The average Bonchev–Trinajstić information content (AvgIpc) is 3.12. The van der Waals surface area contributed by atoms with Gasteiger partial charge in [-0.05, 0) is 31.3 Å². The molecule has 0 bridgehead atoms. The Balaban J connectivity index is 1.90. The van der Waals surface area contributed by atoms with E-state index < -0.39 is 0 Å². The largest absolute Gasteiger partial charge is 0.298 e. The molecule has 3 aromatic heterocycles. The summed E-state index contributed by atoms with van der Waals surface area (Å²) in [6, 6.07) is 3.40. The minimum atomic E-state index is -0.256. The second-order valence-electron chi connectivity index (χ2n) is 4.88. The van der Waals surface area contributed by atoms with Crippen LogP contribution in [-0.4, -0.2) is 30.6 Å². The molecule has 0 aromatic carbocycles. The Morgan fingerprint density at radius 2 is 2.42 bits per heavy atom. The van der Waals surface area contributed by atoms with Crippen molar-refractivity contribution in [2.45, 2.75) is 13.5 Å². The molecule has 0 unspecified atom stereocenters. The number of pyridine rings is 1. The lowest BCUT2D eigenvalue weighted by atomic mass is 10.3. The molecule has 9 heteroatoms. The molecular weight excluding hydrogens is 344 g/mol. The molecule has 0 saturated heterocycles. The summed E-state index contributed by atoms with van der Waals surface area (Å²) in [6.07, 6.45) is 4.87. The molecular formula is C15H14N6OS2. The number of aromatic amines is 1. The summed E-state index contributed by atoms with van der Waals surface area (Å²) in [6.45, 7) is 6.13. The number of aromatic nitrogens is 5. The maximum absolute atomic E-state index is 12.2. The molecule has 0 atom stereocenters. The number of hydrogen-bond donors (Lipinski definition) is 2. The Bertz CT molecular complexity index is 941. The van der Waals surface area contributed by atoms with Gasteiger partial charge >= 0.3 is 0 Å². The van der Waals surface area contributed by atoms with Crippen LogP contribution in [0.1, 0.15) is 16.1 Å². The van der Waals surface area contributed by atoms with Crippen molar-refractivity contribution in [2.75, 3.05) is 5.32 Å². The fourth-order valence-electron chi connectivity index (χ4n) is 2.11. The van der Waals surface area contributed by atoms with Crippen LogP contribution >= 0.6 is 23.6 Å². The van der Waals surface area contributed by atoms with Gasteiger partial charge < -0.3 is 0 Å². The van der Waals surface area contributed by atoms with E-state index in [2.05, 4.69) is 32.1 Å². The summed E-state index contributed by atoms with van der Waals surface area (Å²) in [4.78, 5) is 21.4. The van der Waals surface area contributed by atoms with Gasteiger partial charge in [-0.2, -0.15) is 5.10 Å². The first kappa shape index (κ1) is 16.2. The predicted octanol–water partition coefficient (Wildman–Crippen LogP) is 3.21. The van der Waals surface area contributed by atoms with Crippen molar-refractivity contribution < 1.29 is 4.79 Å². The first-order valence-corrected chi connectivity index (χ1v) is 8.28. The van der Waals surface area contributed by atoms with Crippen molar-refractivity contribution in [3.05, 3.63) is 53.2 Å². The number of allylic oxidation sites excluding steroid dienone is 1. The molecule has 0 fully saturated rings. The molecule has 3 rings (SSSR count). The van der Waals surface area contributed by atoms with Crippen molar-refractivity contribution in [3.8, 4) is 10.7 Å². The first-order chi connectivity index (χ1) is 11.6. The second-order valence-corrected chi connectivity index (χ2v) is 6.27. The number of carbonyl (C=O) groups is 1. The van der Waals surface area contributed by atoms with E-state index in [1.165, 1.54) is 17.5 Å². The summed E-state index contributed by atoms with van der Waals surface area (Å²) in [5.74, 6) is 0.421. The molecule has 0 aliphatic heterocycles. The lowest BCUT2D eigenvalue weighted by Gasteiger charge is -2.01. The molecule has 0 saturated carbocycles. The fraction of sp³-hybridized carbons (Fsp3) is 0.133. The zero-order valence-electron chi connectivity index (χ0n) is 12.8. The Morgan fingerprint density at radius 1 is 1.58 bits per heavy atom. The lowest BCUT2D eigenvalue weighted by Crippen LogP contribution is -2.11. The number of H-pyrrole nitrogens is 1. The van der Waals surface area contributed by atoms with E-state index in [-0.39, 0.29) is 5.91 Å². The van der Waals surface area contributed by atoms with Crippen molar-refractivity contribution in [3.63, 3.8) is 0 Å². The highest BCUT2D eigenvalue weighted by atomic mass is 32.1. The third-order valence-electron chi connectivity index (χ3n) is 3.21. The van der Waals surface area contributed by atoms with Crippen LogP contribution in [0.2, 0.25) is 0 Å². The van der Waals surface area contributed by atoms with Crippen LogP contribution in [0, 0.1) is 11.7 Å². The zero-order chi connectivity index (χ0) is 17.1. The molecule has 2 N–H and O–H groups in total. The van der Waals surface area contributed by atoms with E-state index >= 15 is 0 Å². The van der Waals surface area contributed by atoms with E-state index in [9.17, 15) is 4.79 Å². The topological polar surface area (TPSA) is 88.5 Å². The Morgan fingerprint density at radius 3 is 3.12 bits per heavy atom. The molecule has 1 amide bonds.